The van der Waals surface area contributed by atoms with E-state index in [0.29, 0.717) is 35.5 Å². The van der Waals surface area contributed by atoms with Gasteiger partial charge in [-0.2, -0.15) is 13.2 Å². The Morgan fingerprint density at radius 2 is 1.56 bits per heavy atom. The van der Waals surface area contributed by atoms with Gasteiger partial charge in [0.1, 0.15) is 6.04 Å². The van der Waals surface area contributed by atoms with Crippen molar-refractivity contribution in [3.05, 3.63) is 101 Å². The van der Waals surface area contributed by atoms with E-state index in [1.165, 1.54) is 5.56 Å². The van der Waals surface area contributed by atoms with Crippen molar-refractivity contribution in [2.45, 2.75) is 63.1 Å². The van der Waals surface area contributed by atoms with E-state index in [1.807, 2.05) is 36.4 Å². The number of carbonyl (C=O) groups is 2. The van der Waals surface area contributed by atoms with Crippen molar-refractivity contribution in [1.82, 2.24) is 14.7 Å². The highest BCUT2D eigenvalue weighted by Crippen LogP contribution is 2.39. The minimum atomic E-state index is -5.04. The fraction of sp³-hybridized carbons (Fsp3) is 0.444. The minimum absolute atomic E-state index is 0.0576. The molecule has 3 aliphatic heterocycles. The van der Waals surface area contributed by atoms with Crippen LogP contribution >= 0.6 is 0 Å². The molecule has 4 atom stereocenters. The van der Waals surface area contributed by atoms with Crippen LogP contribution in [0.1, 0.15) is 53.9 Å². The second-order valence-corrected chi connectivity index (χ2v) is 12.7. The van der Waals surface area contributed by atoms with Gasteiger partial charge in [-0.3, -0.25) is 19.4 Å². The number of carbonyl (C=O) groups excluding carboxylic acids is 2. The molecule has 4 unspecified atom stereocenters. The van der Waals surface area contributed by atoms with Gasteiger partial charge in [0.15, 0.2) is 6.29 Å². The molecule has 9 nitrogen and oxygen atoms in total. The van der Waals surface area contributed by atoms with E-state index in [9.17, 15) is 27.9 Å². The van der Waals surface area contributed by atoms with Crippen LogP contribution in [0.25, 0.3) is 0 Å². The van der Waals surface area contributed by atoms with Crippen molar-refractivity contribution in [2.75, 3.05) is 44.6 Å². The van der Waals surface area contributed by atoms with Gasteiger partial charge in [0, 0.05) is 63.5 Å². The monoisotopic (exact) mass is 666 g/mol. The SMILES string of the molecule is O=C(Nc1cccc(C2OC(CN3CCN(Cc4ccccc4)CC3)CC(c3ccc(CO)cc3)O2)c1)C1CCCN1C(=O)C(F)(F)F. The Morgan fingerprint density at radius 3 is 2.27 bits per heavy atom. The van der Waals surface area contributed by atoms with Crippen LogP contribution in [0.2, 0.25) is 0 Å². The van der Waals surface area contributed by atoms with Crippen LogP contribution < -0.4 is 5.32 Å². The average Bonchev–Trinajstić information content (AvgIpc) is 3.59. The van der Waals surface area contributed by atoms with E-state index >= 15 is 0 Å². The third kappa shape index (κ3) is 8.42. The number of hydrogen-bond donors (Lipinski definition) is 2. The molecule has 0 aliphatic carbocycles. The van der Waals surface area contributed by atoms with Gasteiger partial charge in [-0.25, -0.2) is 0 Å². The van der Waals surface area contributed by atoms with Crippen LogP contribution in [0.5, 0.6) is 0 Å². The van der Waals surface area contributed by atoms with Gasteiger partial charge in [-0.15, -0.1) is 0 Å². The van der Waals surface area contributed by atoms with Crippen molar-refractivity contribution < 1.29 is 37.3 Å². The topological polar surface area (TPSA) is 94.6 Å². The molecule has 2 N–H and O–H groups in total. The first-order valence-electron chi connectivity index (χ1n) is 16.4. The molecule has 3 saturated heterocycles. The third-order valence-electron chi connectivity index (χ3n) is 9.28. The number of rotatable bonds is 9. The number of anilines is 1. The average molecular weight is 667 g/mol. The highest BCUT2D eigenvalue weighted by atomic mass is 19.4. The fourth-order valence-electron chi connectivity index (χ4n) is 6.73. The number of amides is 2. The second-order valence-electron chi connectivity index (χ2n) is 12.7. The third-order valence-corrected chi connectivity index (χ3v) is 9.28. The highest BCUT2D eigenvalue weighted by Gasteiger charge is 2.47. The Balaban J connectivity index is 1.14. The standard InChI is InChI=1S/C36H41F3N4O5/c37-36(38,39)35(46)43-15-5-10-31(43)33(45)40-29-9-4-8-28(20-29)34-47-30(21-32(48-34)27-13-11-26(24-44)12-14-27)23-42-18-16-41(17-19-42)22-25-6-2-1-3-7-25/h1-4,6-9,11-14,20,30-32,34,44H,5,10,15-19,21-24H2,(H,40,45). The number of nitrogens with one attached hydrogen (secondary N) is 1. The summed E-state index contributed by atoms with van der Waals surface area (Å²) in [5.41, 5.74) is 4.07. The zero-order chi connectivity index (χ0) is 33.7. The lowest BCUT2D eigenvalue weighted by molar-refractivity contribution is -0.253. The molecule has 0 radical (unpaired) electrons. The molecule has 3 heterocycles. The summed E-state index contributed by atoms with van der Waals surface area (Å²) >= 11 is 0. The van der Waals surface area contributed by atoms with Crippen molar-refractivity contribution in [1.29, 1.82) is 0 Å². The summed E-state index contributed by atoms with van der Waals surface area (Å²) in [4.78, 5) is 30.4. The summed E-state index contributed by atoms with van der Waals surface area (Å²) in [6.45, 7) is 5.16. The summed E-state index contributed by atoms with van der Waals surface area (Å²) in [5.74, 6) is -2.67. The molecule has 3 fully saturated rings. The molecule has 48 heavy (non-hydrogen) atoms. The number of benzene rings is 3. The Morgan fingerprint density at radius 1 is 0.833 bits per heavy atom. The number of aliphatic hydroxyl groups excluding tert-OH is 1. The van der Waals surface area contributed by atoms with Gasteiger partial charge >= 0.3 is 12.1 Å². The molecular formula is C36H41F3N4O5. The molecule has 0 bridgehead atoms. The second kappa shape index (κ2) is 15.2. The van der Waals surface area contributed by atoms with Crippen molar-refractivity contribution >= 4 is 17.5 Å². The maximum atomic E-state index is 13.1. The normalized spacial score (nSPS) is 24.0. The van der Waals surface area contributed by atoms with E-state index in [4.69, 9.17) is 9.47 Å². The Hall–Kier alpha value is -3.81. The number of aliphatic hydroxyl groups is 1. The Labute approximate surface area is 278 Å². The first kappa shape index (κ1) is 34.1. The zero-order valence-electron chi connectivity index (χ0n) is 26.6. The van der Waals surface area contributed by atoms with Crippen LogP contribution in [0.4, 0.5) is 18.9 Å². The number of ether oxygens (including phenoxy) is 2. The molecule has 0 saturated carbocycles. The molecule has 2 amide bonds. The number of alkyl halides is 3. The van der Waals surface area contributed by atoms with Gasteiger partial charge in [0.2, 0.25) is 5.91 Å². The summed E-state index contributed by atoms with van der Waals surface area (Å²) in [5, 5.41) is 12.2. The van der Waals surface area contributed by atoms with Crippen LogP contribution in [-0.4, -0.2) is 89.2 Å². The molecular weight excluding hydrogens is 625 g/mol. The summed E-state index contributed by atoms with van der Waals surface area (Å²) in [6.07, 6.45) is -5.17. The molecule has 256 valence electrons. The van der Waals surface area contributed by atoms with E-state index < -0.39 is 30.3 Å². The van der Waals surface area contributed by atoms with Gasteiger partial charge < -0.3 is 24.8 Å². The van der Waals surface area contributed by atoms with Crippen LogP contribution in [-0.2, 0) is 32.2 Å². The zero-order valence-corrected chi connectivity index (χ0v) is 26.6. The van der Waals surface area contributed by atoms with Gasteiger partial charge in [0.05, 0.1) is 18.8 Å². The summed E-state index contributed by atoms with van der Waals surface area (Å²) in [7, 11) is 0. The van der Waals surface area contributed by atoms with E-state index in [1.54, 1.807) is 18.2 Å². The van der Waals surface area contributed by atoms with Gasteiger partial charge in [-0.05, 0) is 41.7 Å². The first-order valence-corrected chi connectivity index (χ1v) is 16.4. The van der Waals surface area contributed by atoms with Crippen LogP contribution in [0.3, 0.4) is 0 Å². The molecule has 0 spiro atoms. The maximum absolute atomic E-state index is 13.1. The van der Waals surface area contributed by atoms with E-state index in [2.05, 4.69) is 39.4 Å². The fourth-order valence-corrected chi connectivity index (χ4v) is 6.73. The van der Waals surface area contributed by atoms with E-state index in [0.717, 1.165) is 43.9 Å². The predicted octanol–water partition coefficient (Wildman–Crippen LogP) is 5.03. The highest BCUT2D eigenvalue weighted by molar-refractivity contribution is 5.98. The summed E-state index contributed by atoms with van der Waals surface area (Å²) in [6, 6.07) is 23.8. The van der Waals surface area contributed by atoms with Crippen molar-refractivity contribution in [2.24, 2.45) is 0 Å². The number of likely N-dealkylation sites (tertiary alicyclic amines) is 1. The van der Waals surface area contributed by atoms with E-state index in [-0.39, 0.29) is 31.8 Å². The molecule has 3 aromatic carbocycles. The minimum Gasteiger partial charge on any atom is -0.392 e. The molecule has 6 rings (SSSR count). The lowest BCUT2D eigenvalue weighted by Crippen LogP contribution is -2.49. The quantitative estimate of drug-likeness (QED) is 0.331. The number of halogens is 3. The maximum Gasteiger partial charge on any atom is 0.471 e. The number of nitrogens with zero attached hydrogens (tertiary/aromatic N) is 3. The summed E-state index contributed by atoms with van der Waals surface area (Å²) < 4.78 is 52.4. The lowest BCUT2D eigenvalue weighted by Gasteiger charge is -2.41. The van der Waals surface area contributed by atoms with Gasteiger partial charge in [-0.1, -0.05) is 66.7 Å². The molecule has 3 aliphatic rings. The number of piperazine rings is 1. The van der Waals surface area contributed by atoms with Crippen LogP contribution in [0.15, 0.2) is 78.9 Å². The Bertz CT molecular complexity index is 1530. The van der Waals surface area contributed by atoms with Crippen molar-refractivity contribution in [3.63, 3.8) is 0 Å². The molecule has 3 aromatic rings. The predicted molar refractivity (Wildman–Crippen MR) is 172 cm³/mol. The number of hydrogen-bond acceptors (Lipinski definition) is 7. The Kier molecular flexibility index (Phi) is 10.8. The molecule has 12 heteroatoms. The van der Waals surface area contributed by atoms with Crippen molar-refractivity contribution in [3.8, 4) is 0 Å². The first-order chi connectivity index (χ1) is 23.2. The molecule has 0 aromatic heterocycles. The smallest absolute Gasteiger partial charge is 0.392 e. The van der Waals surface area contributed by atoms with Gasteiger partial charge in [0.25, 0.3) is 0 Å². The van der Waals surface area contributed by atoms with Crippen LogP contribution in [0, 0.1) is 0 Å². The lowest BCUT2D eigenvalue weighted by atomic mass is 9.99. The largest absolute Gasteiger partial charge is 0.471 e.